The maximum Gasteiger partial charge on any atom is 0.200 e. The monoisotopic (exact) mass is 882 g/mol. The van der Waals surface area contributed by atoms with E-state index in [0.717, 1.165) is 24.3 Å². The topological polar surface area (TPSA) is 0 Å². The largest absolute Gasteiger partial charge is 0.203 e. The van der Waals surface area contributed by atoms with Crippen LogP contribution in [0.4, 0.5) is 87.8 Å². The molecule has 0 radical (unpaired) electrons. The normalized spacial score (nSPS) is 11.8. The van der Waals surface area contributed by atoms with Gasteiger partial charge in [-0.25, -0.2) is 87.8 Å². The summed E-state index contributed by atoms with van der Waals surface area (Å²) in [6, 6.07) is 5.56. The molecule has 0 saturated heterocycles. The second-order valence-corrected chi connectivity index (χ2v) is 15.5. The minimum atomic E-state index is -4.38. The fourth-order valence-corrected chi connectivity index (χ4v) is 10.8. The average molecular weight is 882 g/mol. The SMILES string of the molecule is Fc1c(F)c(F)c(P(c2ccccc2-c2ccccc2P(c2c(F)c(F)c(F)c(F)c2F)c2c(F)c(F)c(F)c(F)c2F)c2c(F)c(F)c(F)c(F)c2F)c(F)c1F. The molecule has 22 heteroatoms. The van der Waals surface area contributed by atoms with Crippen LogP contribution in [0.2, 0.25) is 0 Å². The van der Waals surface area contributed by atoms with Gasteiger partial charge in [-0.2, -0.15) is 0 Å². The number of rotatable bonds is 7. The van der Waals surface area contributed by atoms with Crippen molar-refractivity contribution in [3.63, 3.8) is 0 Å². The summed E-state index contributed by atoms with van der Waals surface area (Å²) in [6.45, 7) is 0. The van der Waals surface area contributed by atoms with Crippen LogP contribution in [0.15, 0.2) is 48.5 Å². The van der Waals surface area contributed by atoms with Crippen molar-refractivity contribution in [2.75, 3.05) is 0 Å². The van der Waals surface area contributed by atoms with Crippen molar-refractivity contribution in [1.29, 1.82) is 0 Å². The summed E-state index contributed by atoms with van der Waals surface area (Å²) in [4.78, 5) is 0. The molecule has 0 amide bonds. The molecule has 0 fully saturated rings. The maximum atomic E-state index is 15.6. The second kappa shape index (κ2) is 15.5. The highest BCUT2D eigenvalue weighted by Gasteiger charge is 2.42. The highest BCUT2D eigenvalue weighted by molar-refractivity contribution is 7.81. The van der Waals surface area contributed by atoms with Crippen LogP contribution in [0.25, 0.3) is 11.1 Å². The van der Waals surface area contributed by atoms with Crippen LogP contribution >= 0.6 is 15.8 Å². The van der Waals surface area contributed by atoms with Crippen molar-refractivity contribution >= 4 is 47.7 Å². The summed E-state index contributed by atoms with van der Waals surface area (Å²) in [7, 11) is -8.76. The summed E-state index contributed by atoms with van der Waals surface area (Å²) in [6.07, 6.45) is 0. The van der Waals surface area contributed by atoms with Gasteiger partial charge >= 0.3 is 0 Å². The Morgan fingerprint density at radius 1 is 0.207 bits per heavy atom. The van der Waals surface area contributed by atoms with E-state index < -0.39 is 175 Å². The van der Waals surface area contributed by atoms with E-state index in [0.29, 0.717) is 24.3 Å². The van der Waals surface area contributed by atoms with Gasteiger partial charge in [-0.05, 0) is 21.7 Å². The zero-order valence-electron chi connectivity index (χ0n) is 27.1. The Morgan fingerprint density at radius 3 is 0.552 bits per heavy atom. The first-order valence-electron chi connectivity index (χ1n) is 15.0. The fraction of sp³-hybridized carbons (Fsp3) is 0. The van der Waals surface area contributed by atoms with Gasteiger partial charge in [0.05, 0.1) is 21.2 Å². The summed E-state index contributed by atoms with van der Waals surface area (Å²) >= 11 is 0. The third-order valence-corrected chi connectivity index (χ3v) is 13.3. The van der Waals surface area contributed by atoms with Gasteiger partial charge in [-0.1, -0.05) is 48.5 Å². The van der Waals surface area contributed by atoms with Crippen molar-refractivity contribution in [3.05, 3.63) is 165 Å². The predicted octanol–water partition coefficient (Wildman–Crippen LogP) is 9.65. The lowest BCUT2D eigenvalue weighted by Crippen LogP contribution is -2.35. The highest BCUT2D eigenvalue weighted by atomic mass is 31.1. The molecule has 0 spiro atoms. The first-order valence-corrected chi connectivity index (χ1v) is 17.7. The van der Waals surface area contributed by atoms with Gasteiger partial charge in [0.25, 0.3) is 0 Å². The molecule has 0 aliphatic rings. The smallest absolute Gasteiger partial charge is 0.200 e. The van der Waals surface area contributed by atoms with Gasteiger partial charge in [0, 0.05) is 15.8 Å². The van der Waals surface area contributed by atoms with Crippen molar-refractivity contribution in [2.45, 2.75) is 0 Å². The zero-order valence-corrected chi connectivity index (χ0v) is 28.9. The van der Waals surface area contributed by atoms with E-state index in [1.54, 1.807) is 0 Å². The number of benzene rings is 6. The van der Waals surface area contributed by atoms with E-state index in [9.17, 15) is 52.7 Å². The summed E-state index contributed by atoms with van der Waals surface area (Å²) in [5.41, 5.74) is -1.98. The van der Waals surface area contributed by atoms with Gasteiger partial charge in [0.2, 0.25) is 23.3 Å². The van der Waals surface area contributed by atoms with Crippen LogP contribution in [-0.4, -0.2) is 0 Å². The van der Waals surface area contributed by atoms with E-state index in [-0.39, 0.29) is 0 Å². The lowest BCUT2D eigenvalue weighted by atomic mass is 10.1. The van der Waals surface area contributed by atoms with Crippen molar-refractivity contribution < 1.29 is 87.8 Å². The average Bonchev–Trinajstić information content (AvgIpc) is 3.22. The maximum absolute atomic E-state index is 15.6. The van der Waals surface area contributed by atoms with Crippen LogP contribution in [0, 0.1) is 116 Å². The molecule has 0 bridgehead atoms. The van der Waals surface area contributed by atoms with E-state index in [2.05, 4.69) is 0 Å². The molecule has 0 unspecified atom stereocenters. The van der Waals surface area contributed by atoms with Gasteiger partial charge in [0.15, 0.2) is 93.1 Å². The van der Waals surface area contributed by atoms with E-state index in [1.165, 1.54) is 0 Å². The highest BCUT2D eigenvalue weighted by Crippen LogP contribution is 2.46. The third-order valence-electron chi connectivity index (χ3n) is 8.22. The summed E-state index contributed by atoms with van der Waals surface area (Å²) in [5, 5.41) is -11.4. The van der Waals surface area contributed by atoms with E-state index in [1.807, 2.05) is 0 Å². The molecule has 6 rings (SSSR count). The van der Waals surface area contributed by atoms with Crippen LogP contribution in [0.5, 0.6) is 0 Å². The molecule has 6 aromatic rings. The Morgan fingerprint density at radius 2 is 0.362 bits per heavy atom. The van der Waals surface area contributed by atoms with Gasteiger partial charge in [-0.3, -0.25) is 0 Å². The molecule has 0 saturated carbocycles. The minimum Gasteiger partial charge on any atom is -0.203 e. The van der Waals surface area contributed by atoms with E-state index >= 15 is 35.1 Å². The fourth-order valence-electron chi connectivity index (χ4n) is 5.66. The Hall–Kier alpha value is -5.22. The Bertz CT molecular complexity index is 2280. The molecule has 0 N–H and O–H groups in total. The second-order valence-electron chi connectivity index (χ2n) is 11.4. The molecule has 0 aliphatic heterocycles. The summed E-state index contributed by atoms with van der Waals surface area (Å²) < 4.78 is 299. The number of hydrogen-bond donors (Lipinski definition) is 0. The molecule has 302 valence electrons. The predicted molar refractivity (Wildman–Crippen MR) is 168 cm³/mol. The zero-order chi connectivity index (χ0) is 43.0. The lowest BCUT2D eigenvalue weighted by molar-refractivity contribution is 0.383. The summed E-state index contributed by atoms with van der Waals surface area (Å²) in [5.74, 6) is -57.2. The van der Waals surface area contributed by atoms with Crippen molar-refractivity contribution in [2.24, 2.45) is 0 Å². The van der Waals surface area contributed by atoms with Gasteiger partial charge in [0.1, 0.15) is 0 Å². The standard InChI is InChI=1S/C36H8F20P2/c37-13-17(41)25(49)33(26(50)18(13)42)57(34-27(51)19(43)14(38)20(44)28(34)52)11-7-3-1-5-9(11)10-6-2-4-8-12(10)58(35-29(53)21(45)15(39)22(46)30(35)54)36-31(55)23(47)16(40)24(48)32(36)56/h1-8H. The van der Waals surface area contributed by atoms with Crippen molar-refractivity contribution in [1.82, 2.24) is 0 Å². The number of hydrogen-bond acceptors (Lipinski definition) is 0. The number of halogens is 20. The Labute approximate surface area is 311 Å². The molecule has 0 nitrogen and oxygen atoms in total. The lowest BCUT2D eigenvalue weighted by Gasteiger charge is -2.28. The molecular formula is C36H8F20P2. The molecular weight excluding hydrogens is 874 g/mol. The molecule has 58 heavy (non-hydrogen) atoms. The molecule has 0 aliphatic carbocycles. The third kappa shape index (κ3) is 6.35. The van der Waals surface area contributed by atoms with Crippen LogP contribution in [0.3, 0.4) is 0 Å². The molecule has 0 aromatic heterocycles. The molecule has 0 heterocycles. The van der Waals surface area contributed by atoms with Crippen LogP contribution in [0.1, 0.15) is 0 Å². The minimum absolute atomic E-state index is 0.507. The Kier molecular flexibility index (Phi) is 11.3. The molecule has 6 aromatic carbocycles. The Balaban J connectivity index is 1.82. The van der Waals surface area contributed by atoms with E-state index in [4.69, 9.17) is 0 Å². The quantitative estimate of drug-likeness (QED) is 0.0649. The van der Waals surface area contributed by atoms with Gasteiger partial charge in [-0.15, -0.1) is 0 Å². The van der Waals surface area contributed by atoms with Crippen LogP contribution in [-0.2, 0) is 0 Å². The van der Waals surface area contributed by atoms with Gasteiger partial charge < -0.3 is 0 Å². The van der Waals surface area contributed by atoms with Crippen LogP contribution < -0.4 is 31.8 Å². The first kappa shape index (κ1) is 42.4. The van der Waals surface area contributed by atoms with Crippen molar-refractivity contribution in [3.8, 4) is 11.1 Å². The molecule has 0 atom stereocenters. The first-order chi connectivity index (χ1) is 27.2.